The van der Waals surface area contributed by atoms with Crippen LogP contribution in [0.5, 0.6) is 0 Å². The molecule has 0 fully saturated rings. The van der Waals surface area contributed by atoms with Crippen LogP contribution in [0.2, 0.25) is 0 Å². The van der Waals surface area contributed by atoms with Crippen molar-refractivity contribution in [2.24, 2.45) is 0 Å². The molecule has 0 aliphatic carbocycles. The SMILES string of the molecule is COCCNCc1ccc(SCC(=O)N(C)C(C)C)cc1. The Morgan fingerprint density at radius 3 is 2.57 bits per heavy atom. The van der Waals surface area contributed by atoms with E-state index in [0.717, 1.165) is 24.6 Å². The Hall–Kier alpha value is -1.04. The molecule has 0 aliphatic rings. The van der Waals surface area contributed by atoms with E-state index in [1.54, 1.807) is 23.8 Å². The Kier molecular flexibility index (Phi) is 8.42. The van der Waals surface area contributed by atoms with Gasteiger partial charge in [0, 0.05) is 38.2 Å². The lowest BCUT2D eigenvalue weighted by molar-refractivity contribution is -0.128. The molecule has 1 amide bonds. The van der Waals surface area contributed by atoms with Crippen molar-refractivity contribution in [3.8, 4) is 0 Å². The molecule has 1 rings (SSSR count). The number of amides is 1. The first-order chi connectivity index (χ1) is 10.0. The fourth-order valence-corrected chi connectivity index (χ4v) is 2.47. The van der Waals surface area contributed by atoms with Crippen molar-refractivity contribution in [3.63, 3.8) is 0 Å². The van der Waals surface area contributed by atoms with Gasteiger partial charge in [-0.05, 0) is 31.5 Å². The molecule has 0 aliphatic heterocycles. The van der Waals surface area contributed by atoms with Crippen LogP contribution in [0, 0.1) is 0 Å². The fourth-order valence-electron chi connectivity index (χ4n) is 1.65. The van der Waals surface area contributed by atoms with Gasteiger partial charge in [-0.3, -0.25) is 4.79 Å². The predicted molar refractivity (Wildman–Crippen MR) is 88.7 cm³/mol. The molecule has 0 heterocycles. The standard InChI is InChI=1S/C16H26N2O2S/c1-13(2)18(3)16(19)12-21-15-7-5-14(6-8-15)11-17-9-10-20-4/h5-8,13,17H,9-12H2,1-4H3. The summed E-state index contributed by atoms with van der Waals surface area (Å²) in [5.41, 5.74) is 1.24. The van der Waals surface area contributed by atoms with Crippen LogP contribution in [0.4, 0.5) is 0 Å². The molecule has 0 spiro atoms. The number of methoxy groups -OCH3 is 1. The Morgan fingerprint density at radius 2 is 2.00 bits per heavy atom. The fraction of sp³-hybridized carbons (Fsp3) is 0.562. The van der Waals surface area contributed by atoms with Crippen LogP contribution in [0.15, 0.2) is 29.2 Å². The molecule has 0 aromatic heterocycles. The summed E-state index contributed by atoms with van der Waals surface area (Å²) in [4.78, 5) is 14.8. The van der Waals surface area contributed by atoms with Gasteiger partial charge in [0.15, 0.2) is 0 Å². The minimum atomic E-state index is 0.167. The Labute approximate surface area is 132 Å². The van der Waals surface area contributed by atoms with E-state index in [2.05, 4.69) is 29.6 Å². The second kappa shape index (κ2) is 9.82. The van der Waals surface area contributed by atoms with Gasteiger partial charge < -0.3 is 15.0 Å². The average Bonchev–Trinajstić information content (AvgIpc) is 2.49. The quantitative estimate of drug-likeness (QED) is 0.562. The van der Waals surface area contributed by atoms with Crippen LogP contribution in [0.1, 0.15) is 19.4 Å². The molecule has 0 saturated carbocycles. The maximum Gasteiger partial charge on any atom is 0.232 e. The molecule has 21 heavy (non-hydrogen) atoms. The van der Waals surface area contributed by atoms with Gasteiger partial charge >= 0.3 is 0 Å². The first-order valence-corrected chi connectivity index (χ1v) is 8.20. The predicted octanol–water partition coefficient (Wildman–Crippen LogP) is 2.38. The van der Waals surface area contributed by atoms with Crippen LogP contribution in [-0.2, 0) is 16.1 Å². The van der Waals surface area contributed by atoms with Crippen molar-refractivity contribution in [2.45, 2.75) is 31.3 Å². The Morgan fingerprint density at radius 1 is 1.33 bits per heavy atom. The largest absolute Gasteiger partial charge is 0.383 e. The van der Waals surface area contributed by atoms with Crippen molar-refractivity contribution in [1.82, 2.24) is 10.2 Å². The molecule has 0 atom stereocenters. The van der Waals surface area contributed by atoms with Crippen molar-refractivity contribution in [1.29, 1.82) is 0 Å². The van der Waals surface area contributed by atoms with Crippen LogP contribution in [0.3, 0.4) is 0 Å². The maximum absolute atomic E-state index is 11.9. The zero-order valence-electron chi connectivity index (χ0n) is 13.4. The van der Waals surface area contributed by atoms with E-state index < -0.39 is 0 Å². The third-order valence-electron chi connectivity index (χ3n) is 3.27. The van der Waals surface area contributed by atoms with Gasteiger partial charge in [-0.2, -0.15) is 0 Å². The van der Waals surface area contributed by atoms with Gasteiger partial charge in [0.25, 0.3) is 0 Å². The van der Waals surface area contributed by atoms with Crippen molar-refractivity contribution < 1.29 is 9.53 Å². The zero-order chi connectivity index (χ0) is 15.7. The number of rotatable bonds is 9. The highest BCUT2D eigenvalue weighted by Crippen LogP contribution is 2.19. The van der Waals surface area contributed by atoms with Crippen LogP contribution < -0.4 is 5.32 Å². The van der Waals surface area contributed by atoms with E-state index in [1.807, 2.05) is 20.9 Å². The van der Waals surface area contributed by atoms with E-state index in [1.165, 1.54) is 5.56 Å². The number of nitrogens with one attached hydrogen (secondary N) is 1. The maximum atomic E-state index is 11.9. The molecular formula is C16H26N2O2S. The minimum absolute atomic E-state index is 0.167. The van der Waals surface area contributed by atoms with Crippen LogP contribution in [-0.4, -0.2) is 49.9 Å². The normalized spacial score (nSPS) is 10.9. The first-order valence-electron chi connectivity index (χ1n) is 7.21. The summed E-state index contributed by atoms with van der Waals surface area (Å²) in [7, 11) is 3.55. The van der Waals surface area contributed by atoms with E-state index in [4.69, 9.17) is 4.74 Å². The number of nitrogens with zero attached hydrogens (tertiary/aromatic N) is 1. The summed E-state index contributed by atoms with van der Waals surface area (Å²) in [6, 6.07) is 8.58. The average molecular weight is 310 g/mol. The van der Waals surface area contributed by atoms with Gasteiger partial charge in [-0.15, -0.1) is 11.8 Å². The highest BCUT2D eigenvalue weighted by atomic mass is 32.2. The van der Waals surface area contributed by atoms with Gasteiger partial charge in [-0.1, -0.05) is 12.1 Å². The molecule has 1 aromatic carbocycles. The lowest BCUT2D eigenvalue weighted by Crippen LogP contribution is -2.34. The van der Waals surface area contributed by atoms with Crippen molar-refractivity contribution in [3.05, 3.63) is 29.8 Å². The molecule has 1 aromatic rings. The topological polar surface area (TPSA) is 41.6 Å². The number of hydrogen-bond donors (Lipinski definition) is 1. The van der Waals surface area contributed by atoms with E-state index in [9.17, 15) is 4.79 Å². The number of carbonyl (C=O) groups is 1. The second-order valence-electron chi connectivity index (χ2n) is 5.20. The molecule has 1 N–H and O–H groups in total. The smallest absolute Gasteiger partial charge is 0.232 e. The molecule has 118 valence electrons. The highest BCUT2D eigenvalue weighted by Gasteiger charge is 2.11. The van der Waals surface area contributed by atoms with E-state index in [0.29, 0.717) is 5.75 Å². The third-order valence-corrected chi connectivity index (χ3v) is 4.26. The molecule has 0 saturated heterocycles. The molecule has 0 bridgehead atoms. The number of carbonyl (C=O) groups excluding carboxylic acids is 1. The molecule has 0 unspecified atom stereocenters. The van der Waals surface area contributed by atoms with Crippen molar-refractivity contribution >= 4 is 17.7 Å². The van der Waals surface area contributed by atoms with Gasteiger partial charge in [0.1, 0.15) is 0 Å². The number of benzene rings is 1. The minimum Gasteiger partial charge on any atom is -0.383 e. The summed E-state index contributed by atoms with van der Waals surface area (Å²) in [6.45, 7) is 6.45. The summed E-state index contributed by atoms with van der Waals surface area (Å²) in [5.74, 6) is 0.653. The summed E-state index contributed by atoms with van der Waals surface area (Å²) in [6.07, 6.45) is 0. The number of ether oxygens (including phenoxy) is 1. The summed E-state index contributed by atoms with van der Waals surface area (Å²) in [5, 5.41) is 3.31. The lowest BCUT2D eigenvalue weighted by atomic mass is 10.2. The Balaban J connectivity index is 2.35. The van der Waals surface area contributed by atoms with E-state index >= 15 is 0 Å². The van der Waals surface area contributed by atoms with Crippen molar-refractivity contribution in [2.75, 3.05) is 33.1 Å². The Bertz CT molecular complexity index is 421. The van der Waals surface area contributed by atoms with Crippen LogP contribution in [0.25, 0.3) is 0 Å². The summed E-state index contributed by atoms with van der Waals surface area (Å²) >= 11 is 1.58. The second-order valence-corrected chi connectivity index (χ2v) is 6.25. The molecule has 0 radical (unpaired) electrons. The molecular weight excluding hydrogens is 284 g/mol. The first kappa shape index (κ1) is 18.0. The molecule has 5 heteroatoms. The van der Waals surface area contributed by atoms with Crippen LogP contribution >= 0.6 is 11.8 Å². The van der Waals surface area contributed by atoms with Gasteiger partial charge in [0.2, 0.25) is 5.91 Å². The third kappa shape index (κ3) is 6.98. The highest BCUT2D eigenvalue weighted by molar-refractivity contribution is 8.00. The summed E-state index contributed by atoms with van der Waals surface area (Å²) < 4.78 is 4.99. The number of thioether (sulfide) groups is 1. The van der Waals surface area contributed by atoms with Gasteiger partial charge in [0.05, 0.1) is 12.4 Å². The number of hydrogen-bond acceptors (Lipinski definition) is 4. The van der Waals surface area contributed by atoms with Gasteiger partial charge in [-0.25, -0.2) is 0 Å². The zero-order valence-corrected chi connectivity index (χ0v) is 14.2. The molecule has 4 nitrogen and oxygen atoms in total. The van der Waals surface area contributed by atoms with E-state index in [-0.39, 0.29) is 11.9 Å². The lowest BCUT2D eigenvalue weighted by Gasteiger charge is -2.21. The monoisotopic (exact) mass is 310 g/mol.